The van der Waals surface area contributed by atoms with E-state index in [-0.39, 0.29) is 25.9 Å². The number of carbonyl (C=O) groups excluding carboxylic acids is 3. The summed E-state index contributed by atoms with van der Waals surface area (Å²) in [6, 6.07) is 0. The molecule has 2 N–H and O–H groups in total. The van der Waals surface area contributed by atoms with Crippen molar-refractivity contribution in [3.63, 3.8) is 0 Å². The number of esters is 3. The highest BCUT2D eigenvalue weighted by molar-refractivity contribution is 7.47. The average Bonchev–Trinajstić information content (AvgIpc) is 3.32. The van der Waals surface area contributed by atoms with Gasteiger partial charge in [0.25, 0.3) is 0 Å². The van der Waals surface area contributed by atoms with E-state index in [2.05, 4.69) is 93.7 Å². The van der Waals surface area contributed by atoms with E-state index in [0.29, 0.717) is 19.3 Å². The van der Waals surface area contributed by atoms with Gasteiger partial charge in [0.05, 0.1) is 26.2 Å². The van der Waals surface area contributed by atoms with Crippen molar-refractivity contribution in [2.45, 2.75) is 213 Å². The number of hydrogen-bond donors (Lipinski definition) is 2. The second-order valence-corrected chi connectivity index (χ2v) is 18.4. The summed E-state index contributed by atoms with van der Waals surface area (Å²) >= 11 is 0. The molecule has 0 aliphatic rings. The van der Waals surface area contributed by atoms with E-state index >= 15 is 0 Å². The molecular formula is C56H93O11P. The molecule has 0 saturated heterocycles. The molecule has 0 heterocycles. The van der Waals surface area contributed by atoms with Crippen molar-refractivity contribution in [1.82, 2.24) is 0 Å². The fraction of sp³-hybridized carbons (Fsp3) is 0.661. The molecule has 0 spiro atoms. The molecule has 12 heteroatoms. The lowest BCUT2D eigenvalue weighted by Gasteiger charge is -2.21. The summed E-state index contributed by atoms with van der Waals surface area (Å²) in [5.41, 5.74) is 0. The molecule has 0 rings (SSSR count). The Morgan fingerprint density at radius 3 is 1.29 bits per heavy atom. The number of aliphatic hydroxyl groups is 1. The highest BCUT2D eigenvalue weighted by Crippen LogP contribution is 2.43. The van der Waals surface area contributed by atoms with Gasteiger partial charge in [0.2, 0.25) is 0 Å². The average molecular weight is 973 g/mol. The van der Waals surface area contributed by atoms with Crippen molar-refractivity contribution in [1.29, 1.82) is 0 Å². The zero-order valence-electron chi connectivity index (χ0n) is 42.5. The Bertz CT molecular complexity index is 1510. The van der Waals surface area contributed by atoms with Crippen LogP contribution in [0.2, 0.25) is 0 Å². The summed E-state index contributed by atoms with van der Waals surface area (Å²) in [5, 5.41) is 9.75. The fourth-order valence-electron chi connectivity index (χ4n) is 6.62. The molecule has 0 aromatic heterocycles. The lowest BCUT2D eigenvalue weighted by Crippen LogP contribution is -2.30. The van der Waals surface area contributed by atoms with Crippen LogP contribution in [-0.2, 0) is 42.2 Å². The molecular weight excluding hydrogens is 880 g/mol. The van der Waals surface area contributed by atoms with Gasteiger partial charge in [-0.3, -0.25) is 23.4 Å². The molecule has 0 saturated carbocycles. The van der Waals surface area contributed by atoms with Crippen molar-refractivity contribution >= 4 is 25.7 Å². The van der Waals surface area contributed by atoms with Crippen LogP contribution in [0.1, 0.15) is 201 Å². The van der Waals surface area contributed by atoms with Crippen molar-refractivity contribution in [2.75, 3.05) is 26.4 Å². The van der Waals surface area contributed by atoms with Gasteiger partial charge in [-0.2, -0.15) is 0 Å². The van der Waals surface area contributed by atoms with Gasteiger partial charge in [0.1, 0.15) is 12.7 Å². The third-order valence-corrected chi connectivity index (χ3v) is 11.5. The second-order valence-electron chi connectivity index (χ2n) is 16.9. The van der Waals surface area contributed by atoms with E-state index in [1.54, 1.807) is 6.08 Å². The molecule has 3 unspecified atom stereocenters. The molecule has 0 aliphatic heterocycles. The van der Waals surface area contributed by atoms with Crippen molar-refractivity contribution in [3.05, 3.63) is 97.2 Å². The van der Waals surface area contributed by atoms with Gasteiger partial charge in [-0.05, 0) is 77.0 Å². The predicted octanol–water partition coefficient (Wildman–Crippen LogP) is 14.9. The van der Waals surface area contributed by atoms with Crippen LogP contribution in [0, 0.1) is 0 Å². The molecule has 0 fully saturated rings. The largest absolute Gasteiger partial charge is 0.472 e. The second kappa shape index (κ2) is 49.8. The lowest BCUT2D eigenvalue weighted by atomic mass is 10.1. The lowest BCUT2D eigenvalue weighted by molar-refractivity contribution is -0.161. The maximum absolute atomic E-state index is 12.8. The normalized spacial score (nSPS) is 14.2. The standard InChI is InChI=1S/C56H93O11P/c1-4-7-10-13-16-19-21-23-25-26-28-30-32-35-38-41-44-47-56(60)67-53(49-63-54(58)45-42-39-36-33-18-15-12-9-6-3)51-65-68(61,62)64-50-52(48-57)66-55(59)46-43-40-37-34-31-29-27-24-22-20-17-14-11-8-5-2/h7-8,10-11,16-17,19-20,23-25,27,31,34,40,43,52-53,57H,4-6,9,12-15,18,21-22,26,28-30,32-33,35-39,41-42,44-51H2,1-3H3,(H,61,62)/b10-7-,11-8-,19-16-,20-17-,25-23-,27-24-,34-31-,43-40-. The van der Waals surface area contributed by atoms with Crippen LogP contribution in [0.25, 0.3) is 0 Å². The molecule has 0 bridgehead atoms. The van der Waals surface area contributed by atoms with Gasteiger partial charge < -0.3 is 24.2 Å². The summed E-state index contributed by atoms with van der Waals surface area (Å²) < 4.78 is 39.2. The van der Waals surface area contributed by atoms with Crippen LogP contribution in [0.5, 0.6) is 0 Å². The molecule has 0 aromatic carbocycles. The van der Waals surface area contributed by atoms with E-state index in [1.165, 1.54) is 38.5 Å². The van der Waals surface area contributed by atoms with Crippen molar-refractivity contribution in [3.8, 4) is 0 Å². The minimum atomic E-state index is -4.77. The van der Waals surface area contributed by atoms with E-state index in [0.717, 1.165) is 103 Å². The van der Waals surface area contributed by atoms with Crippen molar-refractivity contribution in [2.24, 2.45) is 0 Å². The number of unbranched alkanes of at least 4 members (excludes halogenated alkanes) is 15. The fourth-order valence-corrected chi connectivity index (χ4v) is 7.41. The van der Waals surface area contributed by atoms with Gasteiger partial charge in [0.15, 0.2) is 6.10 Å². The first-order chi connectivity index (χ1) is 33.2. The smallest absolute Gasteiger partial charge is 0.462 e. The summed E-state index contributed by atoms with van der Waals surface area (Å²) in [6.45, 7) is 4.25. The number of carbonyl (C=O) groups is 3. The zero-order valence-corrected chi connectivity index (χ0v) is 43.4. The Balaban J connectivity index is 4.79. The van der Waals surface area contributed by atoms with Crippen LogP contribution in [0.4, 0.5) is 0 Å². The molecule has 3 atom stereocenters. The van der Waals surface area contributed by atoms with E-state index < -0.39 is 57.8 Å². The predicted molar refractivity (Wildman–Crippen MR) is 279 cm³/mol. The molecule has 0 aliphatic carbocycles. The number of phosphoric acid groups is 1. The van der Waals surface area contributed by atoms with Crippen LogP contribution < -0.4 is 0 Å². The molecule has 388 valence electrons. The number of hydrogen-bond acceptors (Lipinski definition) is 10. The highest BCUT2D eigenvalue weighted by Gasteiger charge is 2.28. The Kier molecular flexibility index (Phi) is 47.2. The van der Waals surface area contributed by atoms with Gasteiger partial charge in [-0.15, -0.1) is 0 Å². The number of ether oxygens (including phenoxy) is 3. The summed E-state index contributed by atoms with van der Waals surface area (Å²) in [5.74, 6) is -1.62. The SMILES string of the molecule is CC/C=C\C/C=C\C/C=C\C/C=C\C/C=C\CC(=O)OC(CO)COP(=O)(O)OCC(COC(=O)CCCCCCCCCCC)OC(=O)CCCCCCCCC/C=C\C/C=C\C/C=C\CC. The molecule has 0 radical (unpaired) electrons. The third kappa shape index (κ3) is 47.5. The quantitative estimate of drug-likeness (QED) is 0.0197. The van der Waals surface area contributed by atoms with Crippen LogP contribution in [-0.4, -0.2) is 66.5 Å². The van der Waals surface area contributed by atoms with E-state index in [9.17, 15) is 28.9 Å². The van der Waals surface area contributed by atoms with Gasteiger partial charge in [0, 0.05) is 12.8 Å². The summed E-state index contributed by atoms with van der Waals surface area (Å²) in [4.78, 5) is 48.2. The van der Waals surface area contributed by atoms with Gasteiger partial charge >= 0.3 is 25.7 Å². The van der Waals surface area contributed by atoms with E-state index in [4.69, 9.17) is 23.3 Å². The van der Waals surface area contributed by atoms with Crippen LogP contribution in [0.3, 0.4) is 0 Å². The van der Waals surface area contributed by atoms with E-state index in [1.807, 2.05) is 18.2 Å². The van der Waals surface area contributed by atoms with Gasteiger partial charge in [-0.1, -0.05) is 201 Å². The molecule has 68 heavy (non-hydrogen) atoms. The van der Waals surface area contributed by atoms with Crippen LogP contribution >= 0.6 is 7.82 Å². The Labute approximate surface area is 412 Å². The minimum Gasteiger partial charge on any atom is -0.462 e. The number of phosphoric ester groups is 1. The Morgan fingerprint density at radius 2 is 0.824 bits per heavy atom. The maximum Gasteiger partial charge on any atom is 0.472 e. The maximum atomic E-state index is 12.8. The first-order valence-corrected chi connectivity index (χ1v) is 27.6. The monoisotopic (exact) mass is 973 g/mol. The highest BCUT2D eigenvalue weighted by atomic mass is 31.2. The third-order valence-electron chi connectivity index (χ3n) is 10.5. The first kappa shape index (κ1) is 64.4. The number of aliphatic hydroxyl groups excluding tert-OH is 1. The Morgan fingerprint density at radius 1 is 0.441 bits per heavy atom. The molecule has 0 amide bonds. The minimum absolute atomic E-state index is 0.0586. The number of allylic oxidation sites excluding steroid dienone is 15. The molecule has 11 nitrogen and oxygen atoms in total. The summed E-state index contributed by atoms with van der Waals surface area (Å²) in [7, 11) is -4.77. The van der Waals surface area contributed by atoms with Crippen LogP contribution in [0.15, 0.2) is 97.2 Å². The van der Waals surface area contributed by atoms with Gasteiger partial charge in [-0.25, -0.2) is 4.57 Å². The van der Waals surface area contributed by atoms with Crippen molar-refractivity contribution < 1.29 is 52.2 Å². The number of rotatable bonds is 47. The summed E-state index contributed by atoms with van der Waals surface area (Å²) in [6.07, 6.45) is 57.0. The zero-order chi connectivity index (χ0) is 49.9. The topological polar surface area (TPSA) is 155 Å². The Hall–Kier alpha value is -3.60. The first-order valence-electron chi connectivity index (χ1n) is 26.1. The molecule has 0 aromatic rings.